The van der Waals surface area contributed by atoms with Crippen molar-refractivity contribution in [3.05, 3.63) is 36.5 Å². The number of hydrogen-bond donors (Lipinski definition) is 2. The smallest absolute Gasteiger partial charge is 0.462 e. The molecule has 0 aromatic rings. The van der Waals surface area contributed by atoms with Crippen LogP contribution in [0.4, 0.5) is 0 Å². The van der Waals surface area contributed by atoms with Gasteiger partial charge < -0.3 is 19.3 Å². The van der Waals surface area contributed by atoms with Gasteiger partial charge in [-0.15, -0.1) is 0 Å². The first-order chi connectivity index (χ1) is 21.3. The van der Waals surface area contributed by atoms with Crippen molar-refractivity contribution < 1.29 is 37.9 Å². The maximum absolute atomic E-state index is 12.3. The standard InChI is InChI=1S/C35H63O8P/c1-3-5-7-9-11-13-15-16-17-18-20-21-23-25-27-29-34(36)41-31-33(32-42-44(38,39)40)43-35(37)30-28-26-24-22-19-14-12-10-8-6-4-2/h5,7,11,13,16-17,33H,3-4,6,8-10,12,14-15,18-32H2,1-2H3,(H2,38,39,40)/b7-5+,13-11+,17-16+/t33-/m1/s1. The van der Waals surface area contributed by atoms with Crippen molar-refractivity contribution in [3.8, 4) is 0 Å². The molecular weight excluding hydrogens is 579 g/mol. The molecule has 0 aromatic heterocycles. The Morgan fingerprint density at radius 2 is 1.09 bits per heavy atom. The van der Waals surface area contributed by atoms with E-state index in [1.165, 1.54) is 44.9 Å². The van der Waals surface area contributed by atoms with Gasteiger partial charge >= 0.3 is 19.8 Å². The Morgan fingerprint density at radius 3 is 1.64 bits per heavy atom. The maximum atomic E-state index is 12.3. The summed E-state index contributed by atoms with van der Waals surface area (Å²) >= 11 is 0. The third-order valence-electron chi connectivity index (χ3n) is 7.17. The molecular formula is C35H63O8P. The van der Waals surface area contributed by atoms with Crippen molar-refractivity contribution in [1.82, 2.24) is 0 Å². The Balaban J connectivity index is 4.02. The highest BCUT2D eigenvalue weighted by Crippen LogP contribution is 2.35. The topological polar surface area (TPSA) is 119 Å². The molecule has 256 valence electrons. The van der Waals surface area contributed by atoms with Crippen LogP contribution in [0.3, 0.4) is 0 Å². The van der Waals surface area contributed by atoms with Crippen LogP contribution in [-0.2, 0) is 28.2 Å². The quantitative estimate of drug-likeness (QED) is 0.0332. The summed E-state index contributed by atoms with van der Waals surface area (Å²) in [6.07, 6.45) is 34.4. The minimum Gasteiger partial charge on any atom is -0.462 e. The minimum atomic E-state index is -4.75. The van der Waals surface area contributed by atoms with Gasteiger partial charge in [0.2, 0.25) is 0 Å². The summed E-state index contributed by atoms with van der Waals surface area (Å²) in [6.45, 7) is 3.52. The summed E-state index contributed by atoms with van der Waals surface area (Å²) in [5.74, 6) is -0.906. The maximum Gasteiger partial charge on any atom is 0.469 e. The number of carbonyl (C=O) groups excluding carboxylic acids is 2. The number of ether oxygens (including phenoxy) is 2. The van der Waals surface area contributed by atoms with E-state index in [2.05, 4.69) is 54.8 Å². The molecule has 0 fully saturated rings. The zero-order chi connectivity index (χ0) is 32.6. The predicted octanol–water partition coefficient (Wildman–Crippen LogP) is 9.84. The van der Waals surface area contributed by atoms with Crippen molar-refractivity contribution in [2.45, 2.75) is 161 Å². The molecule has 44 heavy (non-hydrogen) atoms. The zero-order valence-corrected chi connectivity index (χ0v) is 28.7. The zero-order valence-electron chi connectivity index (χ0n) is 27.8. The van der Waals surface area contributed by atoms with E-state index in [1.807, 2.05) is 0 Å². The molecule has 0 saturated carbocycles. The van der Waals surface area contributed by atoms with Gasteiger partial charge in [0.25, 0.3) is 0 Å². The van der Waals surface area contributed by atoms with E-state index in [9.17, 15) is 14.2 Å². The van der Waals surface area contributed by atoms with Crippen molar-refractivity contribution in [3.63, 3.8) is 0 Å². The molecule has 0 aliphatic heterocycles. The molecule has 0 bridgehead atoms. The van der Waals surface area contributed by atoms with Crippen LogP contribution in [0.5, 0.6) is 0 Å². The number of allylic oxidation sites excluding steroid dienone is 6. The van der Waals surface area contributed by atoms with Crippen LogP contribution >= 0.6 is 7.82 Å². The molecule has 0 rings (SSSR count). The fourth-order valence-electron chi connectivity index (χ4n) is 4.62. The fraction of sp³-hybridized carbons (Fsp3) is 0.771. The summed E-state index contributed by atoms with van der Waals surface area (Å²) < 4.78 is 26.2. The van der Waals surface area contributed by atoms with Crippen LogP contribution in [-0.4, -0.2) is 41.0 Å². The number of hydrogen-bond acceptors (Lipinski definition) is 6. The van der Waals surface area contributed by atoms with E-state index in [1.54, 1.807) is 0 Å². The lowest BCUT2D eigenvalue weighted by Gasteiger charge is -2.18. The number of unbranched alkanes of at least 4 members (excludes halogenated alkanes) is 15. The molecule has 1 atom stereocenters. The van der Waals surface area contributed by atoms with Crippen LogP contribution in [0, 0.1) is 0 Å². The fourth-order valence-corrected chi connectivity index (χ4v) is 4.98. The Labute approximate surface area is 268 Å². The lowest BCUT2D eigenvalue weighted by Crippen LogP contribution is -2.29. The van der Waals surface area contributed by atoms with Crippen LogP contribution in [0.1, 0.15) is 155 Å². The van der Waals surface area contributed by atoms with Gasteiger partial charge in [0.05, 0.1) is 6.61 Å². The second-order valence-electron chi connectivity index (χ2n) is 11.5. The van der Waals surface area contributed by atoms with Gasteiger partial charge in [-0.05, 0) is 44.9 Å². The Bertz CT molecular complexity index is 818. The predicted molar refractivity (Wildman–Crippen MR) is 179 cm³/mol. The molecule has 8 nitrogen and oxygen atoms in total. The average Bonchev–Trinajstić information content (AvgIpc) is 2.98. The second kappa shape index (κ2) is 31.3. The van der Waals surface area contributed by atoms with Crippen LogP contribution < -0.4 is 0 Å². The van der Waals surface area contributed by atoms with E-state index in [0.717, 1.165) is 70.6 Å². The number of phosphoric acid groups is 1. The highest BCUT2D eigenvalue weighted by atomic mass is 31.2. The van der Waals surface area contributed by atoms with E-state index in [4.69, 9.17) is 19.3 Å². The normalized spacial score (nSPS) is 12.9. The van der Waals surface area contributed by atoms with Crippen molar-refractivity contribution in [2.24, 2.45) is 0 Å². The first-order valence-corrected chi connectivity index (χ1v) is 18.8. The molecule has 0 unspecified atom stereocenters. The van der Waals surface area contributed by atoms with Gasteiger partial charge in [0, 0.05) is 12.8 Å². The molecule has 0 spiro atoms. The minimum absolute atomic E-state index is 0.209. The van der Waals surface area contributed by atoms with Gasteiger partial charge in [-0.1, -0.05) is 134 Å². The third-order valence-corrected chi connectivity index (χ3v) is 7.66. The van der Waals surface area contributed by atoms with Gasteiger partial charge in [0.1, 0.15) is 6.61 Å². The first kappa shape index (κ1) is 42.3. The molecule has 0 amide bonds. The molecule has 0 aliphatic carbocycles. The van der Waals surface area contributed by atoms with Crippen molar-refractivity contribution in [2.75, 3.05) is 13.2 Å². The third kappa shape index (κ3) is 33.2. The van der Waals surface area contributed by atoms with Gasteiger partial charge in [0.15, 0.2) is 6.10 Å². The van der Waals surface area contributed by atoms with E-state index in [-0.39, 0.29) is 19.4 Å². The van der Waals surface area contributed by atoms with Gasteiger partial charge in [-0.2, -0.15) is 0 Å². The monoisotopic (exact) mass is 642 g/mol. The highest BCUT2D eigenvalue weighted by molar-refractivity contribution is 7.46. The Kier molecular flexibility index (Phi) is 30.0. The summed E-state index contributed by atoms with van der Waals surface area (Å²) in [5.41, 5.74) is 0. The van der Waals surface area contributed by atoms with E-state index >= 15 is 0 Å². The number of esters is 2. The number of carbonyl (C=O) groups is 2. The SMILES string of the molecule is CC/C=C/C/C=C/C/C=C/CCCCCCCC(=O)OC[C@H](COP(=O)(O)O)OC(=O)CCCCCCCCCCCCC. The van der Waals surface area contributed by atoms with Gasteiger partial charge in [-0.25, -0.2) is 4.57 Å². The van der Waals surface area contributed by atoms with E-state index < -0.39 is 32.5 Å². The molecule has 0 aromatic carbocycles. The molecule has 0 heterocycles. The molecule has 2 N–H and O–H groups in total. The number of rotatable bonds is 31. The Morgan fingerprint density at radius 1 is 0.614 bits per heavy atom. The highest BCUT2D eigenvalue weighted by Gasteiger charge is 2.22. The van der Waals surface area contributed by atoms with Crippen LogP contribution in [0.25, 0.3) is 0 Å². The average molecular weight is 643 g/mol. The molecule has 9 heteroatoms. The Hall–Kier alpha value is -1.73. The van der Waals surface area contributed by atoms with Crippen molar-refractivity contribution in [1.29, 1.82) is 0 Å². The second-order valence-corrected chi connectivity index (χ2v) is 12.7. The molecule has 0 saturated heterocycles. The number of phosphoric ester groups is 1. The lowest BCUT2D eigenvalue weighted by atomic mass is 10.1. The lowest BCUT2D eigenvalue weighted by molar-refractivity contribution is -0.161. The molecule has 0 aliphatic rings. The summed E-state index contributed by atoms with van der Waals surface area (Å²) in [6, 6.07) is 0. The first-order valence-electron chi connectivity index (χ1n) is 17.3. The summed E-state index contributed by atoms with van der Waals surface area (Å²) in [7, 11) is -4.75. The summed E-state index contributed by atoms with van der Waals surface area (Å²) in [4.78, 5) is 42.5. The van der Waals surface area contributed by atoms with Gasteiger partial charge in [-0.3, -0.25) is 14.1 Å². The van der Waals surface area contributed by atoms with Crippen LogP contribution in [0.2, 0.25) is 0 Å². The van der Waals surface area contributed by atoms with E-state index in [0.29, 0.717) is 12.8 Å². The largest absolute Gasteiger partial charge is 0.469 e. The van der Waals surface area contributed by atoms with Crippen molar-refractivity contribution >= 4 is 19.8 Å². The summed E-state index contributed by atoms with van der Waals surface area (Å²) in [5, 5.41) is 0. The van der Waals surface area contributed by atoms with Crippen LogP contribution in [0.15, 0.2) is 36.5 Å². The molecule has 0 radical (unpaired) electrons.